The second kappa shape index (κ2) is 85.0. The molecule has 5 aromatic rings. The number of aldehydes is 1. The van der Waals surface area contributed by atoms with Gasteiger partial charge < -0.3 is 71.8 Å². The van der Waals surface area contributed by atoms with Crippen LogP contribution < -0.4 is 88.7 Å². The number of rotatable bonds is 37. The van der Waals surface area contributed by atoms with E-state index < -0.39 is 26.2 Å². The maximum Gasteiger partial charge on any atom is 1.00 e. The molecule has 2 atom stereocenters. The predicted octanol–water partition coefficient (Wildman–Crippen LogP) is 6.87. The van der Waals surface area contributed by atoms with Crippen LogP contribution in [0.15, 0.2) is 164 Å². The Balaban J connectivity index is -0.000000119. The molecule has 1 heterocycles. The number of alkyl halides is 1. The standard InChI is InChI=1S/C15H17NO3.C13H15NO.C11H16O2.C11H14O2.C7H7Br.C6H12NO3P.C6H12O3.C4H10O2.2CH4.3Na.3H/c1-16-15-13(17)11-19-14(15)8-5-9-18-10-12-6-3-2-4-7-12;1-14-10-6-3-7-11-15-12-13-8-4-2-5-9-13;2*12-8-4-5-9-13-10-11-6-2-1-3-7-11;8-6-7-4-2-1-3-5-7;1-3-9-11(8,6-5-7)10-4-2;1-2-3-4-9-6(8)5-7;5-3-1-2-4-6;;;;;;;;/h2-4,6-7,14-15H,5,8-11H2;2,4-6,8-10H,3,7,11-12H2;1-3,6-7,12H,4-5,8-10H2;1-3,6-8H,4-5,9-10H2;1-5H,6H2;3-4,6H2,1-2H3;7H,2-5H2,1H3;5-6H,1-4H2;2*1H4;;;;;;/q;;;;;;;;;;3*+1;3*-1. The summed E-state index contributed by atoms with van der Waals surface area (Å²) >= 11 is 3.36. The second-order valence-electron chi connectivity index (χ2n) is 19.8. The quantitative estimate of drug-likeness (QED) is 0.00602. The first kappa shape index (κ1) is 109. The molecule has 0 amide bonds. The number of unbranched alkanes of at least 4 members (excludes halogenated alkanes) is 5. The molecule has 1 fully saturated rings. The van der Waals surface area contributed by atoms with Crippen LogP contribution in [0.1, 0.15) is 145 Å². The minimum Gasteiger partial charge on any atom is -1.00 e. The number of aliphatic hydroxyl groups excluding tert-OH is 4. The number of aliphatic hydroxyl groups is 4. The van der Waals surface area contributed by atoms with Gasteiger partial charge in [0, 0.05) is 58.0 Å². The van der Waals surface area contributed by atoms with Crippen LogP contribution in [-0.2, 0) is 88.2 Å². The number of esters is 1. The van der Waals surface area contributed by atoms with Crippen LogP contribution in [0.4, 0.5) is 0 Å². The topological polar surface area (TPSA) is 256 Å². The third-order valence-electron chi connectivity index (χ3n) is 12.0. The zero-order valence-electron chi connectivity index (χ0n) is 61.4. The van der Waals surface area contributed by atoms with Crippen molar-refractivity contribution in [1.82, 2.24) is 0 Å². The van der Waals surface area contributed by atoms with E-state index in [0.717, 1.165) is 94.6 Å². The van der Waals surface area contributed by atoms with Crippen LogP contribution in [-0.4, -0.2) is 136 Å². The Bertz CT molecular complexity index is 2730. The second-order valence-corrected chi connectivity index (χ2v) is 22.5. The molecule has 0 radical (unpaired) electrons. The molecule has 0 aromatic heterocycles. The molecule has 0 spiro atoms. The van der Waals surface area contributed by atoms with Crippen LogP contribution >= 0.6 is 23.5 Å². The smallest absolute Gasteiger partial charge is 1.00 e. The Hall–Kier alpha value is -3.61. The van der Waals surface area contributed by atoms with Crippen molar-refractivity contribution in [3.8, 4) is 6.07 Å². The molecule has 24 heteroatoms. The predicted molar refractivity (Wildman–Crippen MR) is 389 cm³/mol. The first-order valence-electron chi connectivity index (χ1n) is 31.8. The normalized spacial score (nSPS) is 11.8. The Morgan fingerprint density at radius 1 is 0.606 bits per heavy atom. The van der Waals surface area contributed by atoms with E-state index in [1.54, 1.807) is 19.9 Å². The van der Waals surface area contributed by atoms with E-state index in [9.17, 15) is 18.9 Å². The summed E-state index contributed by atoms with van der Waals surface area (Å²) < 4.78 is 52.7. The number of halogens is 1. The van der Waals surface area contributed by atoms with Gasteiger partial charge in [-0.05, 0) is 106 Å². The van der Waals surface area contributed by atoms with Gasteiger partial charge in [0.15, 0.2) is 0 Å². The molecule has 99 heavy (non-hydrogen) atoms. The molecular formula is C75H114BrN3Na3O16P. The molecular weight excluding hydrogens is 1380 g/mol. The van der Waals surface area contributed by atoms with E-state index in [4.69, 9.17) is 71.6 Å². The number of nitrogens with zero attached hydrogens (tertiary/aromatic N) is 3. The van der Waals surface area contributed by atoms with Crippen molar-refractivity contribution in [1.29, 1.82) is 5.26 Å². The molecule has 540 valence electrons. The Morgan fingerprint density at radius 3 is 1.32 bits per heavy atom. The average Bonchev–Trinajstić information content (AvgIpc) is 1.73. The number of ether oxygens (including phenoxy) is 6. The van der Waals surface area contributed by atoms with Gasteiger partial charge in [-0.1, -0.05) is 202 Å². The van der Waals surface area contributed by atoms with E-state index in [2.05, 4.69) is 54.6 Å². The van der Waals surface area contributed by atoms with Crippen molar-refractivity contribution in [3.63, 3.8) is 0 Å². The summed E-state index contributed by atoms with van der Waals surface area (Å²) in [6.07, 6.45) is 13.7. The van der Waals surface area contributed by atoms with Gasteiger partial charge in [-0.15, -0.1) is 0 Å². The third kappa shape index (κ3) is 71.2. The number of hydrogen-bond donors (Lipinski definition) is 4. The molecule has 0 saturated carbocycles. The molecule has 1 aliphatic heterocycles. The molecule has 5 aromatic carbocycles. The SMILES string of the molecule is BrCc1ccccc1.C.C.CCCCOC(=O)CO.CCOP(=O)(CC#N)OCC.O=CCCCOCc1ccccc1.OCCCCO.OCCCCOCc1ccccc1.[C-]#[N+]C1C(=O)COC1CCCOCc1ccccc1.[C-]#[N+]C=CCCCOCc1ccccc1.[H-].[H-].[H-].[Na+].[Na+].[Na+]. The van der Waals surface area contributed by atoms with Crippen molar-refractivity contribution < 1.29 is 170 Å². The number of hydrogen-bond acceptors (Lipinski definition) is 17. The maximum absolute atomic E-state index is 11.3. The minimum atomic E-state index is -3.08. The number of carbonyl (C=O) groups is 3. The van der Waals surface area contributed by atoms with Crippen LogP contribution in [0.25, 0.3) is 9.69 Å². The fourth-order valence-electron chi connectivity index (χ4n) is 7.20. The maximum atomic E-state index is 11.3. The van der Waals surface area contributed by atoms with Gasteiger partial charge in [0.1, 0.15) is 38.0 Å². The van der Waals surface area contributed by atoms with Gasteiger partial charge >= 0.3 is 108 Å². The fourth-order valence-corrected chi connectivity index (χ4v) is 8.79. The van der Waals surface area contributed by atoms with Gasteiger partial charge in [-0.2, -0.15) is 5.26 Å². The molecule has 19 nitrogen and oxygen atoms in total. The first-order chi connectivity index (χ1) is 45.9. The molecule has 6 rings (SSSR count). The van der Waals surface area contributed by atoms with E-state index in [1.165, 1.54) is 28.5 Å². The zero-order valence-corrected chi connectivity index (χ0v) is 66.9. The molecule has 1 saturated heterocycles. The summed E-state index contributed by atoms with van der Waals surface area (Å²) in [4.78, 5) is 38.0. The fraction of sp³-hybridized carbons (Fsp3) is 0.493. The van der Waals surface area contributed by atoms with E-state index in [-0.39, 0.29) is 152 Å². The van der Waals surface area contributed by atoms with Crippen molar-refractivity contribution in [3.05, 3.63) is 215 Å². The third-order valence-corrected chi connectivity index (χ3v) is 14.5. The number of benzene rings is 5. The van der Waals surface area contributed by atoms with E-state index in [0.29, 0.717) is 72.3 Å². The molecule has 0 bridgehead atoms. The van der Waals surface area contributed by atoms with Crippen LogP contribution in [0, 0.1) is 24.5 Å². The Morgan fingerprint density at radius 2 is 0.990 bits per heavy atom. The van der Waals surface area contributed by atoms with Crippen LogP contribution in [0.3, 0.4) is 0 Å². The van der Waals surface area contributed by atoms with E-state index in [1.807, 2.05) is 140 Å². The van der Waals surface area contributed by atoms with Crippen molar-refractivity contribution >= 4 is 41.6 Å². The number of Topliss-reactive ketones (excluding diaryl/α,β-unsaturated/α-hetero) is 1. The Labute approximate surface area is 673 Å². The van der Waals surface area contributed by atoms with Gasteiger partial charge in [0.05, 0.1) is 58.9 Å². The largest absolute Gasteiger partial charge is 1.00 e. The zero-order chi connectivity index (χ0) is 69.5. The molecule has 0 aliphatic carbocycles. The summed E-state index contributed by atoms with van der Waals surface area (Å²) in [7, 11) is -3.08. The monoisotopic (exact) mass is 1490 g/mol. The molecule has 2 unspecified atom stereocenters. The minimum absolute atomic E-state index is 0. The summed E-state index contributed by atoms with van der Waals surface area (Å²) in [5.74, 6) is -0.631. The van der Waals surface area contributed by atoms with Gasteiger partial charge in [0.2, 0.25) is 5.78 Å². The van der Waals surface area contributed by atoms with Crippen LogP contribution in [0.2, 0.25) is 0 Å². The van der Waals surface area contributed by atoms with Gasteiger partial charge in [-0.3, -0.25) is 9.36 Å². The Kier molecular flexibility index (Phi) is 93.4. The van der Waals surface area contributed by atoms with Crippen LogP contribution in [0.5, 0.6) is 0 Å². The number of carbonyl (C=O) groups excluding carboxylic acids is 3. The summed E-state index contributed by atoms with van der Waals surface area (Å²) in [5.41, 5.74) is 6.05. The number of nitriles is 1. The van der Waals surface area contributed by atoms with Gasteiger partial charge in [-0.25, -0.2) is 16.2 Å². The van der Waals surface area contributed by atoms with Crippen molar-refractivity contribution in [2.24, 2.45) is 0 Å². The molecule has 4 N–H and O–H groups in total. The van der Waals surface area contributed by atoms with Gasteiger partial charge in [0.25, 0.3) is 0 Å². The number of allylic oxidation sites excluding steroid dienone is 1. The summed E-state index contributed by atoms with van der Waals surface area (Å²) in [6.45, 7) is 25.5. The number of ketones is 1. The van der Waals surface area contributed by atoms with E-state index >= 15 is 0 Å². The summed E-state index contributed by atoms with van der Waals surface area (Å²) in [6, 6.07) is 51.7. The van der Waals surface area contributed by atoms with Crippen molar-refractivity contribution in [2.45, 2.75) is 157 Å². The first-order valence-corrected chi connectivity index (χ1v) is 34.7. The summed E-state index contributed by atoms with van der Waals surface area (Å²) in [5, 5.41) is 42.1. The van der Waals surface area contributed by atoms with Crippen molar-refractivity contribution in [2.75, 3.05) is 85.4 Å². The average molecular weight is 1490 g/mol. The molecule has 1 aliphatic rings.